The first kappa shape index (κ1) is 19.2. The molecule has 0 fully saturated rings. The van der Waals surface area contributed by atoms with Crippen molar-refractivity contribution in [3.63, 3.8) is 0 Å². The van der Waals surface area contributed by atoms with Crippen molar-refractivity contribution >= 4 is 40.3 Å². The lowest BCUT2D eigenvalue weighted by molar-refractivity contribution is -0.113. The maximum Gasteiger partial charge on any atom is 0.234 e. The third kappa shape index (κ3) is 4.33. The molecule has 0 aliphatic rings. The van der Waals surface area contributed by atoms with Gasteiger partial charge in [0.05, 0.1) is 24.8 Å². The van der Waals surface area contributed by atoms with E-state index in [1.165, 1.54) is 11.8 Å². The number of thiophene rings is 1. The van der Waals surface area contributed by atoms with Crippen molar-refractivity contribution in [3.05, 3.63) is 47.8 Å². The summed E-state index contributed by atoms with van der Waals surface area (Å²) in [6.07, 6.45) is 0. The minimum absolute atomic E-state index is 0.158. The van der Waals surface area contributed by atoms with Crippen LogP contribution in [0.25, 0.3) is 16.2 Å². The first-order valence-corrected chi connectivity index (χ1v) is 10.4. The van der Waals surface area contributed by atoms with Crippen LogP contribution in [0.1, 0.15) is 0 Å². The van der Waals surface area contributed by atoms with E-state index in [4.69, 9.17) is 9.47 Å². The molecule has 0 saturated carbocycles. The molecular weight excluding hydrogens is 410 g/mol. The van der Waals surface area contributed by atoms with Crippen molar-refractivity contribution in [2.75, 3.05) is 25.3 Å². The summed E-state index contributed by atoms with van der Waals surface area (Å²) < 4.78 is 12.1. The Morgan fingerprint density at radius 3 is 2.62 bits per heavy atom. The van der Waals surface area contributed by atoms with E-state index in [1.807, 2.05) is 29.6 Å². The average molecular weight is 428 g/mol. The second-order valence-corrected chi connectivity index (χ2v) is 7.78. The largest absolute Gasteiger partial charge is 0.497 e. The highest BCUT2D eigenvalue weighted by Gasteiger charge is 2.13. The summed E-state index contributed by atoms with van der Waals surface area (Å²) in [5, 5.41) is 18.3. The summed E-state index contributed by atoms with van der Waals surface area (Å²) >= 11 is 2.88. The number of nitrogens with zero attached hydrogens (tertiary/aromatic N) is 4. The molecule has 0 aliphatic heterocycles. The predicted octanol–water partition coefficient (Wildman–Crippen LogP) is 3.60. The van der Waals surface area contributed by atoms with E-state index in [9.17, 15) is 4.79 Å². The molecule has 8 nitrogen and oxygen atoms in total. The van der Waals surface area contributed by atoms with Crippen LogP contribution in [0.4, 0.5) is 5.69 Å². The van der Waals surface area contributed by atoms with Crippen LogP contribution in [0.3, 0.4) is 0 Å². The van der Waals surface area contributed by atoms with E-state index in [2.05, 4.69) is 20.6 Å². The van der Waals surface area contributed by atoms with Gasteiger partial charge in [0.15, 0.2) is 5.65 Å². The number of ether oxygens (including phenoxy) is 2. The van der Waals surface area contributed by atoms with Gasteiger partial charge in [0.2, 0.25) is 11.1 Å². The van der Waals surface area contributed by atoms with Crippen molar-refractivity contribution in [3.8, 4) is 22.1 Å². The lowest BCUT2D eigenvalue weighted by Gasteiger charge is -2.09. The number of benzene rings is 1. The zero-order chi connectivity index (χ0) is 20.2. The number of rotatable bonds is 7. The second-order valence-electron chi connectivity index (χ2n) is 5.89. The maximum absolute atomic E-state index is 12.4. The molecule has 0 saturated heterocycles. The Morgan fingerprint density at radius 1 is 1.14 bits per heavy atom. The minimum Gasteiger partial charge on any atom is -0.497 e. The van der Waals surface area contributed by atoms with Gasteiger partial charge in [-0.2, -0.15) is 9.61 Å². The van der Waals surface area contributed by atoms with Gasteiger partial charge in [0.25, 0.3) is 0 Å². The summed E-state index contributed by atoms with van der Waals surface area (Å²) in [6.45, 7) is 0. The van der Waals surface area contributed by atoms with Crippen LogP contribution in [-0.2, 0) is 4.79 Å². The number of carbonyl (C=O) groups excluding carboxylic acids is 1. The smallest absolute Gasteiger partial charge is 0.234 e. The molecule has 3 aromatic heterocycles. The van der Waals surface area contributed by atoms with Gasteiger partial charge in [-0.05, 0) is 23.6 Å². The predicted molar refractivity (Wildman–Crippen MR) is 113 cm³/mol. The zero-order valence-corrected chi connectivity index (χ0v) is 17.3. The Kier molecular flexibility index (Phi) is 5.63. The van der Waals surface area contributed by atoms with Gasteiger partial charge in [-0.25, -0.2) is 0 Å². The zero-order valence-electron chi connectivity index (χ0n) is 15.7. The van der Waals surface area contributed by atoms with E-state index in [-0.39, 0.29) is 11.7 Å². The van der Waals surface area contributed by atoms with Crippen molar-refractivity contribution in [2.45, 2.75) is 5.16 Å². The molecule has 0 atom stereocenters. The summed E-state index contributed by atoms with van der Waals surface area (Å²) in [5.74, 6) is 1.17. The fraction of sp³-hybridized carbons (Fsp3) is 0.158. The molecule has 29 heavy (non-hydrogen) atoms. The third-order valence-electron chi connectivity index (χ3n) is 3.98. The molecule has 1 amide bonds. The number of aromatic nitrogens is 4. The van der Waals surface area contributed by atoms with Crippen LogP contribution in [0, 0.1) is 0 Å². The van der Waals surface area contributed by atoms with Gasteiger partial charge in [0, 0.05) is 23.9 Å². The Hall–Kier alpha value is -3.11. The molecule has 148 valence electrons. The minimum atomic E-state index is -0.184. The molecule has 10 heteroatoms. The second kappa shape index (κ2) is 8.50. The molecule has 1 aromatic carbocycles. The topological polar surface area (TPSA) is 90.6 Å². The molecule has 3 heterocycles. The normalized spacial score (nSPS) is 10.8. The number of amides is 1. The number of fused-ring (bicyclic) bond motifs is 1. The summed E-state index contributed by atoms with van der Waals surface area (Å²) in [5.41, 5.74) is 2.06. The Labute approximate surface area is 174 Å². The number of carbonyl (C=O) groups is 1. The molecule has 4 rings (SSSR count). The summed E-state index contributed by atoms with van der Waals surface area (Å²) in [6, 6.07) is 13.0. The van der Waals surface area contributed by atoms with E-state index >= 15 is 0 Å². The molecule has 0 aliphatic carbocycles. The van der Waals surface area contributed by atoms with E-state index < -0.39 is 0 Å². The highest BCUT2D eigenvalue weighted by Crippen LogP contribution is 2.27. The fourth-order valence-corrected chi connectivity index (χ4v) is 4.00. The fourth-order valence-electron chi connectivity index (χ4n) is 2.62. The van der Waals surface area contributed by atoms with E-state index in [1.54, 1.807) is 48.3 Å². The van der Waals surface area contributed by atoms with Crippen molar-refractivity contribution < 1.29 is 14.3 Å². The maximum atomic E-state index is 12.4. The van der Waals surface area contributed by atoms with Crippen molar-refractivity contribution in [1.29, 1.82) is 0 Å². The number of thioether (sulfide) groups is 1. The molecule has 4 aromatic rings. The molecule has 0 spiro atoms. The van der Waals surface area contributed by atoms with Crippen molar-refractivity contribution in [1.82, 2.24) is 19.8 Å². The third-order valence-corrected chi connectivity index (χ3v) is 5.79. The van der Waals surface area contributed by atoms with Crippen LogP contribution in [0.15, 0.2) is 53.0 Å². The van der Waals surface area contributed by atoms with Gasteiger partial charge >= 0.3 is 0 Å². The molecule has 0 unspecified atom stereocenters. The van der Waals surface area contributed by atoms with Gasteiger partial charge in [-0.1, -0.05) is 17.8 Å². The number of nitrogens with one attached hydrogen (secondary N) is 1. The summed E-state index contributed by atoms with van der Waals surface area (Å²) in [7, 11) is 3.12. The molecular formula is C19H17N5O3S2. The van der Waals surface area contributed by atoms with Gasteiger partial charge in [0.1, 0.15) is 17.2 Å². The van der Waals surface area contributed by atoms with Crippen LogP contribution in [-0.4, -0.2) is 45.7 Å². The van der Waals surface area contributed by atoms with Crippen LogP contribution >= 0.6 is 23.1 Å². The highest BCUT2D eigenvalue weighted by atomic mass is 32.2. The Morgan fingerprint density at radius 2 is 1.93 bits per heavy atom. The standard InChI is InChI=1S/C19H17N5O3S2/c1-26-13-8-12(9-14(10-13)27-2)20-18(25)11-29-19-22-21-17-6-5-15(23-24(17)19)16-4-3-7-28-16/h3-10H,11H2,1-2H3,(H,20,25). The van der Waals surface area contributed by atoms with Gasteiger partial charge in [-0.3, -0.25) is 4.79 Å². The average Bonchev–Trinajstić information content (AvgIpc) is 3.41. The van der Waals surface area contributed by atoms with Crippen LogP contribution in [0.2, 0.25) is 0 Å². The number of hydrogen-bond acceptors (Lipinski definition) is 8. The van der Waals surface area contributed by atoms with E-state index in [0.717, 1.165) is 10.6 Å². The van der Waals surface area contributed by atoms with Crippen LogP contribution < -0.4 is 14.8 Å². The van der Waals surface area contributed by atoms with Gasteiger partial charge in [-0.15, -0.1) is 21.5 Å². The first-order valence-electron chi connectivity index (χ1n) is 8.58. The summed E-state index contributed by atoms with van der Waals surface area (Å²) in [4.78, 5) is 13.5. The number of anilines is 1. The van der Waals surface area contributed by atoms with Crippen LogP contribution in [0.5, 0.6) is 11.5 Å². The van der Waals surface area contributed by atoms with E-state index in [0.29, 0.717) is 28.0 Å². The molecule has 1 N–H and O–H groups in total. The van der Waals surface area contributed by atoms with Crippen molar-refractivity contribution in [2.24, 2.45) is 0 Å². The van der Waals surface area contributed by atoms with Gasteiger partial charge < -0.3 is 14.8 Å². The SMILES string of the molecule is COc1cc(NC(=O)CSc2nnc3ccc(-c4cccs4)nn23)cc(OC)c1. The quantitative estimate of drug-likeness (QED) is 0.451. The highest BCUT2D eigenvalue weighted by molar-refractivity contribution is 7.99. The Bertz CT molecular complexity index is 1120. The number of hydrogen-bond donors (Lipinski definition) is 1. The monoisotopic (exact) mass is 427 g/mol. The number of methoxy groups -OCH3 is 2. The Balaban J connectivity index is 1.47. The lowest BCUT2D eigenvalue weighted by atomic mass is 10.2. The molecule has 0 radical (unpaired) electrons. The first-order chi connectivity index (χ1) is 14.2. The lowest BCUT2D eigenvalue weighted by Crippen LogP contribution is -2.14. The molecule has 0 bridgehead atoms.